The van der Waals surface area contributed by atoms with Gasteiger partial charge in [-0.1, -0.05) is 13.3 Å². The van der Waals surface area contributed by atoms with E-state index in [2.05, 4.69) is 12.2 Å². The van der Waals surface area contributed by atoms with Gasteiger partial charge in [-0.3, -0.25) is 0 Å². The van der Waals surface area contributed by atoms with E-state index in [4.69, 9.17) is 22.8 Å². The molecule has 2 atom stereocenters. The van der Waals surface area contributed by atoms with Crippen molar-refractivity contribution < 1.29 is 22.8 Å². The van der Waals surface area contributed by atoms with Crippen molar-refractivity contribution in [1.82, 2.24) is 5.32 Å². The number of hydrogen-bond acceptors (Lipinski definition) is 6. The summed E-state index contributed by atoms with van der Waals surface area (Å²) >= 11 is 0. The second-order valence-electron chi connectivity index (χ2n) is 4.61. The van der Waals surface area contributed by atoms with Gasteiger partial charge in [0.2, 0.25) is 0 Å². The maximum absolute atomic E-state index is 5.17. The zero-order valence-corrected chi connectivity index (χ0v) is 13.4. The average molecular weight is 293 g/mol. The Labute approximate surface area is 117 Å². The summed E-state index contributed by atoms with van der Waals surface area (Å²) in [6.45, 7) is 5.97. The first-order valence-corrected chi connectivity index (χ1v) is 8.72. The third-order valence-corrected chi connectivity index (χ3v) is 6.02. The molecule has 2 aliphatic rings. The van der Waals surface area contributed by atoms with Crippen LogP contribution in [-0.2, 0) is 22.8 Å². The fraction of sp³-hybridized carbons (Fsp3) is 1.00. The lowest BCUT2D eigenvalue weighted by atomic mass is 10.4. The maximum atomic E-state index is 5.17. The molecule has 0 spiro atoms. The van der Waals surface area contributed by atoms with Crippen molar-refractivity contribution in [2.24, 2.45) is 0 Å². The highest BCUT2D eigenvalue weighted by molar-refractivity contribution is 6.60. The Kier molecular flexibility index (Phi) is 8.08. The summed E-state index contributed by atoms with van der Waals surface area (Å²) in [5.74, 6) is 0. The third kappa shape index (κ3) is 7.36. The lowest BCUT2D eigenvalue weighted by Gasteiger charge is -2.23. The van der Waals surface area contributed by atoms with E-state index in [1.54, 1.807) is 21.3 Å². The van der Waals surface area contributed by atoms with Gasteiger partial charge in [-0.05, 0) is 0 Å². The van der Waals surface area contributed by atoms with Gasteiger partial charge in [-0.15, -0.1) is 0 Å². The smallest absolute Gasteiger partial charge is 0.377 e. The summed E-state index contributed by atoms with van der Waals surface area (Å²) in [7, 11) is 2.68. The van der Waals surface area contributed by atoms with E-state index in [9.17, 15) is 0 Å². The molecule has 2 saturated heterocycles. The minimum Gasteiger partial charge on any atom is -0.377 e. The largest absolute Gasteiger partial charge is 0.500 e. The number of nitrogens with one attached hydrogen (secondary N) is 1. The molecular weight excluding hydrogens is 266 g/mol. The Bertz CT molecular complexity index is 212. The molecule has 2 unspecified atom stereocenters. The van der Waals surface area contributed by atoms with Crippen LogP contribution < -0.4 is 5.32 Å². The van der Waals surface area contributed by atoms with Gasteiger partial charge in [-0.2, -0.15) is 0 Å². The van der Waals surface area contributed by atoms with Crippen LogP contribution in [0.15, 0.2) is 0 Å². The van der Waals surface area contributed by atoms with Gasteiger partial charge in [0.15, 0.2) is 0 Å². The Morgan fingerprint density at radius 2 is 1.42 bits per heavy atom. The van der Waals surface area contributed by atoms with Crippen molar-refractivity contribution >= 4 is 8.80 Å². The highest BCUT2D eigenvalue weighted by Crippen LogP contribution is 2.13. The van der Waals surface area contributed by atoms with E-state index in [-0.39, 0.29) is 0 Å². The van der Waals surface area contributed by atoms with Crippen molar-refractivity contribution in [3.8, 4) is 0 Å². The highest BCUT2D eigenvalue weighted by atomic mass is 28.4. The summed E-state index contributed by atoms with van der Waals surface area (Å²) in [6, 6.07) is 0.885. The summed E-state index contributed by atoms with van der Waals surface area (Å²) in [5.41, 5.74) is 0. The van der Waals surface area contributed by atoms with E-state index >= 15 is 0 Å². The molecule has 0 bridgehead atoms. The predicted molar refractivity (Wildman–Crippen MR) is 74.2 cm³/mol. The number of hydrogen-bond donors (Lipinski definition) is 1. The van der Waals surface area contributed by atoms with E-state index in [1.165, 1.54) is 0 Å². The number of epoxide rings is 2. The van der Waals surface area contributed by atoms with Crippen LogP contribution in [0.5, 0.6) is 0 Å². The molecule has 0 saturated carbocycles. The molecule has 0 aromatic carbocycles. The zero-order valence-electron chi connectivity index (χ0n) is 12.4. The Morgan fingerprint density at radius 3 is 1.63 bits per heavy atom. The first-order valence-electron chi connectivity index (χ1n) is 6.79. The summed E-state index contributed by atoms with van der Waals surface area (Å²) in [5, 5.41) is 3.26. The first-order chi connectivity index (χ1) is 9.19. The molecule has 1 N–H and O–H groups in total. The zero-order chi connectivity index (χ0) is 14.1. The van der Waals surface area contributed by atoms with Crippen LogP contribution in [0.2, 0.25) is 6.04 Å². The minimum atomic E-state index is -2.22. The second kappa shape index (κ2) is 9.01. The molecule has 6 nitrogen and oxygen atoms in total. The quantitative estimate of drug-likeness (QED) is 0.497. The molecular formula is C12H27NO5Si. The fourth-order valence-electron chi connectivity index (χ4n) is 1.64. The van der Waals surface area contributed by atoms with Gasteiger partial charge in [0, 0.05) is 40.5 Å². The molecule has 0 amide bonds. The molecule has 2 fully saturated rings. The summed E-state index contributed by atoms with van der Waals surface area (Å²) in [4.78, 5) is 0. The molecule has 2 heterocycles. The van der Waals surface area contributed by atoms with Gasteiger partial charge < -0.3 is 28.1 Å². The van der Waals surface area contributed by atoms with Crippen molar-refractivity contribution in [2.45, 2.75) is 31.6 Å². The van der Waals surface area contributed by atoms with Gasteiger partial charge >= 0.3 is 8.80 Å². The lowest BCUT2D eigenvalue weighted by Crippen LogP contribution is -2.42. The maximum Gasteiger partial charge on any atom is 0.500 e. The average Bonchev–Trinajstić information content (AvgIpc) is 3.31. The summed E-state index contributed by atoms with van der Waals surface area (Å²) < 4.78 is 25.5. The minimum absolute atomic E-state index is 0.503. The standard InChI is InChI=1S/C6H11NO2.C6H16O3Si/c1(5-3-8-5)7-2-6-4-9-6;1-5-6-10(7-2,8-3)9-4/h5-7H,1-4H2;5-6H2,1-4H3. The van der Waals surface area contributed by atoms with Crippen LogP contribution in [-0.4, -0.2) is 68.6 Å². The molecule has 7 heteroatoms. The first kappa shape index (κ1) is 17.0. The van der Waals surface area contributed by atoms with Crippen molar-refractivity contribution in [1.29, 1.82) is 0 Å². The predicted octanol–water partition coefficient (Wildman–Crippen LogP) is 0.648. The fourth-order valence-corrected chi connectivity index (χ4v) is 3.36. The monoisotopic (exact) mass is 293 g/mol. The van der Waals surface area contributed by atoms with Crippen molar-refractivity contribution in [3.63, 3.8) is 0 Å². The van der Waals surface area contributed by atoms with E-state index in [1.807, 2.05) is 0 Å². The normalized spacial score (nSPS) is 24.6. The van der Waals surface area contributed by atoms with Gasteiger partial charge in [0.25, 0.3) is 0 Å². The topological polar surface area (TPSA) is 64.8 Å². The highest BCUT2D eigenvalue weighted by Gasteiger charge is 2.36. The molecule has 114 valence electrons. The van der Waals surface area contributed by atoms with E-state index < -0.39 is 8.80 Å². The Balaban J connectivity index is 0.000000190. The molecule has 19 heavy (non-hydrogen) atoms. The van der Waals surface area contributed by atoms with Crippen LogP contribution in [0.1, 0.15) is 13.3 Å². The molecule has 0 aliphatic carbocycles. The Morgan fingerprint density at radius 1 is 1.00 bits per heavy atom. The molecule has 0 aromatic heterocycles. The summed E-state index contributed by atoms with van der Waals surface area (Å²) in [6.07, 6.45) is 2.04. The SMILES string of the molecule is C(NCC1CO1)C1CO1.CCC[Si](OC)(OC)OC. The van der Waals surface area contributed by atoms with Gasteiger partial charge in [0.1, 0.15) is 0 Å². The van der Waals surface area contributed by atoms with Crippen molar-refractivity contribution in [3.05, 3.63) is 0 Å². The van der Waals surface area contributed by atoms with Crippen LogP contribution in [0.3, 0.4) is 0 Å². The van der Waals surface area contributed by atoms with Crippen LogP contribution in [0.4, 0.5) is 0 Å². The Hall–Kier alpha value is -0.0231. The van der Waals surface area contributed by atoms with Gasteiger partial charge in [0.05, 0.1) is 25.4 Å². The van der Waals surface area contributed by atoms with Crippen LogP contribution in [0, 0.1) is 0 Å². The third-order valence-electron chi connectivity index (χ3n) is 3.04. The second-order valence-corrected chi connectivity index (χ2v) is 7.71. The van der Waals surface area contributed by atoms with Gasteiger partial charge in [-0.25, -0.2) is 0 Å². The molecule has 0 aromatic rings. The lowest BCUT2D eigenvalue weighted by molar-refractivity contribution is 0.123. The van der Waals surface area contributed by atoms with E-state index in [0.717, 1.165) is 38.8 Å². The van der Waals surface area contributed by atoms with Crippen LogP contribution >= 0.6 is 0 Å². The van der Waals surface area contributed by atoms with Crippen molar-refractivity contribution in [2.75, 3.05) is 47.6 Å². The molecule has 0 radical (unpaired) electrons. The number of rotatable bonds is 9. The molecule has 2 aliphatic heterocycles. The van der Waals surface area contributed by atoms with E-state index in [0.29, 0.717) is 12.2 Å². The molecule has 2 rings (SSSR count). The number of ether oxygens (including phenoxy) is 2. The van der Waals surface area contributed by atoms with Crippen LogP contribution in [0.25, 0.3) is 0 Å².